The molecule has 0 radical (unpaired) electrons. The molecule has 1 aromatic carbocycles. The Kier molecular flexibility index (Phi) is 4.15. The van der Waals surface area contributed by atoms with Crippen LogP contribution in [0.1, 0.15) is 22.6 Å². The van der Waals surface area contributed by atoms with Crippen molar-refractivity contribution in [2.24, 2.45) is 0 Å². The van der Waals surface area contributed by atoms with Gasteiger partial charge >= 0.3 is 0 Å². The van der Waals surface area contributed by atoms with E-state index in [0.717, 1.165) is 12.0 Å². The minimum Gasteiger partial charge on any atom is -0.490 e. The topological polar surface area (TPSA) is 31.6 Å². The highest BCUT2D eigenvalue weighted by Crippen LogP contribution is 2.42. The highest BCUT2D eigenvalue weighted by molar-refractivity contribution is 9.09. The molecule has 0 bridgehead atoms. The van der Waals surface area contributed by atoms with Crippen molar-refractivity contribution in [1.29, 1.82) is 0 Å². The summed E-state index contributed by atoms with van der Waals surface area (Å²) in [5, 5.41) is 0.929. The number of fused-ring (bicyclic) bond motifs is 1. The monoisotopic (exact) mass is 376 g/mol. The number of alkyl halides is 1. The van der Waals surface area contributed by atoms with E-state index in [9.17, 15) is 0 Å². The zero-order chi connectivity index (χ0) is 14.1. The molecule has 0 amide bonds. The second-order valence-electron chi connectivity index (χ2n) is 4.38. The van der Waals surface area contributed by atoms with Gasteiger partial charge in [-0.15, -0.1) is 0 Å². The molecule has 1 aliphatic rings. The molecule has 0 N–H and O–H groups in total. The summed E-state index contributed by atoms with van der Waals surface area (Å²) in [6.07, 6.45) is 0.854. The van der Waals surface area contributed by atoms with E-state index in [-0.39, 0.29) is 4.83 Å². The van der Waals surface area contributed by atoms with E-state index in [0.29, 0.717) is 40.7 Å². The van der Waals surface area contributed by atoms with Gasteiger partial charge in [0, 0.05) is 17.5 Å². The molecular weight excluding hydrogens is 367 g/mol. The Labute approximate surface area is 134 Å². The molecule has 0 fully saturated rings. The Morgan fingerprint density at radius 2 is 1.75 bits per heavy atom. The Morgan fingerprint density at radius 3 is 2.40 bits per heavy atom. The molecule has 2 heterocycles. The summed E-state index contributed by atoms with van der Waals surface area (Å²) in [5.74, 6) is 2.06. The second-order valence-corrected chi connectivity index (χ2v) is 6.07. The lowest BCUT2D eigenvalue weighted by molar-refractivity contribution is 0.297. The molecule has 1 aromatic heterocycles. The van der Waals surface area contributed by atoms with Crippen molar-refractivity contribution < 1.29 is 13.9 Å². The first-order valence-electron chi connectivity index (χ1n) is 6.13. The van der Waals surface area contributed by atoms with Crippen LogP contribution >= 0.6 is 39.1 Å². The molecule has 3 nitrogen and oxygen atoms in total. The maximum Gasteiger partial charge on any atom is 0.193 e. The summed E-state index contributed by atoms with van der Waals surface area (Å²) in [6, 6.07) is 7.15. The van der Waals surface area contributed by atoms with Gasteiger partial charge in [-0.2, -0.15) is 0 Å². The van der Waals surface area contributed by atoms with Crippen LogP contribution in [-0.4, -0.2) is 13.2 Å². The highest BCUT2D eigenvalue weighted by Gasteiger charge is 2.21. The molecule has 1 atom stereocenters. The summed E-state index contributed by atoms with van der Waals surface area (Å²) in [6.45, 7) is 1.27. The van der Waals surface area contributed by atoms with E-state index in [1.807, 2.05) is 6.07 Å². The Balaban J connectivity index is 1.99. The van der Waals surface area contributed by atoms with Crippen LogP contribution in [0.25, 0.3) is 0 Å². The first kappa shape index (κ1) is 14.1. The lowest BCUT2D eigenvalue weighted by Crippen LogP contribution is -1.97. The van der Waals surface area contributed by atoms with Gasteiger partial charge in [-0.05, 0) is 35.4 Å². The largest absolute Gasteiger partial charge is 0.490 e. The number of hydrogen-bond donors (Lipinski definition) is 0. The van der Waals surface area contributed by atoms with E-state index in [4.69, 9.17) is 37.1 Å². The summed E-state index contributed by atoms with van der Waals surface area (Å²) in [4.78, 5) is -0.195. The average molecular weight is 378 g/mol. The molecule has 6 heteroatoms. The van der Waals surface area contributed by atoms with Crippen molar-refractivity contribution in [2.45, 2.75) is 11.2 Å². The van der Waals surface area contributed by atoms with Gasteiger partial charge in [0.1, 0.15) is 5.76 Å². The third-order valence-electron chi connectivity index (χ3n) is 2.98. The van der Waals surface area contributed by atoms with Crippen molar-refractivity contribution in [3.05, 3.63) is 45.8 Å². The van der Waals surface area contributed by atoms with Crippen LogP contribution in [0, 0.1) is 0 Å². The second kappa shape index (κ2) is 5.88. The fraction of sp³-hybridized carbons (Fsp3) is 0.286. The fourth-order valence-corrected chi connectivity index (χ4v) is 3.18. The van der Waals surface area contributed by atoms with Gasteiger partial charge < -0.3 is 13.9 Å². The molecule has 3 rings (SSSR count). The zero-order valence-electron chi connectivity index (χ0n) is 10.4. The molecule has 0 spiro atoms. The summed E-state index contributed by atoms with van der Waals surface area (Å²) in [5.41, 5.74) is 0.849. The number of ether oxygens (including phenoxy) is 2. The van der Waals surface area contributed by atoms with Gasteiger partial charge in [0.15, 0.2) is 16.7 Å². The smallest absolute Gasteiger partial charge is 0.193 e. The van der Waals surface area contributed by atoms with Crippen LogP contribution in [0.3, 0.4) is 0 Å². The van der Waals surface area contributed by atoms with Crippen LogP contribution < -0.4 is 9.47 Å². The van der Waals surface area contributed by atoms with E-state index < -0.39 is 0 Å². The predicted molar refractivity (Wildman–Crippen MR) is 81.5 cm³/mol. The van der Waals surface area contributed by atoms with Gasteiger partial charge in [0.25, 0.3) is 0 Å². The van der Waals surface area contributed by atoms with Crippen molar-refractivity contribution in [3.63, 3.8) is 0 Å². The van der Waals surface area contributed by atoms with Crippen LogP contribution in [-0.2, 0) is 0 Å². The van der Waals surface area contributed by atoms with E-state index >= 15 is 0 Å². The van der Waals surface area contributed by atoms with Gasteiger partial charge in [0.05, 0.1) is 18.0 Å². The Hall–Kier alpha value is -0.840. The van der Waals surface area contributed by atoms with Gasteiger partial charge in [0.2, 0.25) is 0 Å². The van der Waals surface area contributed by atoms with Crippen molar-refractivity contribution >= 4 is 39.1 Å². The molecule has 2 aromatic rings. The number of benzene rings is 1. The minimum atomic E-state index is -0.195. The number of furan rings is 1. The lowest BCUT2D eigenvalue weighted by atomic mass is 10.1. The van der Waals surface area contributed by atoms with Crippen molar-refractivity contribution in [1.82, 2.24) is 0 Å². The standard InChI is InChI=1S/C14H11BrCl2O3/c15-14(10-2-3-13(17)20-10)8-6-11-12(7-9(8)16)19-5-1-4-18-11/h2-3,6-7,14H,1,4-5H2. The summed E-state index contributed by atoms with van der Waals surface area (Å²) >= 11 is 15.7. The van der Waals surface area contributed by atoms with Gasteiger partial charge in [-0.25, -0.2) is 0 Å². The SMILES string of the molecule is Clc1ccc(C(Br)c2cc3c(cc2Cl)OCCCO3)o1. The molecular formula is C14H11BrCl2O3. The first-order chi connectivity index (χ1) is 9.65. The fourth-order valence-electron chi connectivity index (χ4n) is 2.01. The van der Waals surface area contributed by atoms with Crippen LogP contribution in [0.5, 0.6) is 11.5 Å². The molecule has 0 aliphatic carbocycles. The van der Waals surface area contributed by atoms with Gasteiger partial charge in [-0.3, -0.25) is 0 Å². The van der Waals surface area contributed by atoms with Crippen LogP contribution in [0.2, 0.25) is 10.2 Å². The molecule has 0 saturated carbocycles. The van der Waals surface area contributed by atoms with E-state index in [1.165, 1.54) is 0 Å². The Morgan fingerprint density at radius 1 is 1.05 bits per heavy atom. The predicted octanol–water partition coefficient (Wildman–Crippen LogP) is 5.23. The lowest BCUT2D eigenvalue weighted by Gasteiger charge is -2.14. The van der Waals surface area contributed by atoms with Crippen molar-refractivity contribution in [2.75, 3.05) is 13.2 Å². The Bertz CT molecular complexity index is 627. The molecule has 0 saturated heterocycles. The normalized spacial score (nSPS) is 15.8. The maximum absolute atomic E-state index is 6.33. The highest BCUT2D eigenvalue weighted by atomic mass is 79.9. The van der Waals surface area contributed by atoms with Crippen molar-refractivity contribution in [3.8, 4) is 11.5 Å². The third kappa shape index (κ3) is 2.78. The number of halogens is 3. The number of hydrogen-bond acceptors (Lipinski definition) is 3. The quantitative estimate of drug-likeness (QED) is 0.671. The van der Waals surface area contributed by atoms with Crippen LogP contribution in [0.4, 0.5) is 0 Å². The molecule has 1 aliphatic heterocycles. The molecule has 1 unspecified atom stereocenters. The summed E-state index contributed by atoms with van der Waals surface area (Å²) < 4.78 is 16.7. The van der Waals surface area contributed by atoms with E-state index in [2.05, 4.69) is 15.9 Å². The first-order valence-corrected chi connectivity index (χ1v) is 7.80. The maximum atomic E-state index is 6.33. The van der Waals surface area contributed by atoms with Crippen LogP contribution in [0.15, 0.2) is 28.7 Å². The minimum absolute atomic E-state index is 0.195. The zero-order valence-corrected chi connectivity index (χ0v) is 13.5. The van der Waals surface area contributed by atoms with E-state index in [1.54, 1.807) is 18.2 Å². The van der Waals surface area contributed by atoms with Gasteiger partial charge in [-0.1, -0.05) is 27.5 Å². The average Bonchev–Trinajstić information content (AvgIpc) is 2.73. The summed E-state index contributed by atoms with van der Waals surface area (Å²) in [7, 11) is 0. The molecule has 106 valence electrons. The third-order valence-corrected chi connectivity index (χ3v) is 4.46. The molecule has 20 heavy (non-hydrogen) atoms. The number of rotatable bonds is 2.